The normalized spacial score (nSPS) is 15.2. The lowest BCUT2D eigenvalue weighted by atomic mass is 10.1. The third kappa shape index (κ3) is 42.6. The van der Waals surface area contributed by atoms with Gasteiger partial charge >= 0.3 is 11.9 Å². The van der Waals surface area contributed by atoms with Crippen LogP contribution >= 0.6 is 7.82 Å². The van der Waals surface area contributed by atoms with Crippen LogP contribution in [0.3, 0.4) is 0 Å². The minimum absolute atomic E-state index is 0.0770. The Morgan fingerprint density at radius 2 is 1.14 bits per heavy atom. The highest BCUT2D eigenvalue weighted by Gasteiger charge is 2.22. The Kier molecular flexibility index (Phi) is 36.6. The molecule has 59 heavy (non-hydrogen) atoms. The number of allylic oxidation sites excluding steroid dienone is 17. The predicted octanol–water partition coefficient (Wildman–Crippen LogP) is 10.7. The molecule has 1 N–H and O–H groups in total. The highest BCUT2D eigenvalue weighted by Crippen LogP contribution is 2.38. The van der Waals surface area contributed by atoms with Gasteiger partial charge in [0.1, 0.15) is 19.8 Å². The number of ether oxygens (including phenoxy) is 2. The lowest BCUT2D eigenvalue weighted by Crippen LogP contribution is -2.37. The number of unbranched alkanes of at least 4 members (excludes halogenated alkanes) is 5. The zero-order valence-electron chi connectivity index (χ0n) is 37.0. The van der Waals surface area contributed by atoms with Gasteiger partial charge in [0.25, 0.3) is 7.82 Å². The highest BCUT2D eigenvalue weighted by molar-refractivity contribution is 7.45. The van der Waals surface area contributed by atoms with Crippen molar-refractivity contribution in [2.24, 2.45) is 0 Å². The lowest BCUT2D eigenvalue weighted by Gasteiger charge is -2.28. The Balaban J connectivity index is 4.65. The van der Waals surface area contributed by atoms with Crippen molar-refractivity contribution in [1.82, 2.24) is 0 Å². The fourth-order valence-electron chi connectivity index (χ4n) is 5.01. The standard InChI is InChI=1S/C48H78NO9P/c1-6-8-10-12-14-16-18-20-22-24-25-27-29-31-33-35-37-45(50)39-40-47(51)55-43-46(44-57-59(53,54)56-42-41-49(3,4)5)58-48(52)38-36-34-32-30-28-26-23-21-19-17-15-13-11-9-7-2/h8-11,14-17,20-23,25,27,31,33,35,37,45-46,50H,6-7,12-13,18-19,24,26,28-30,32,34,36,38-44H2,1-5H3/b10-8-,11-9-,16-14-,17-15-,22-20-,23-21-,27-25-,33-31-,37-35-/t45?,46-/m1/s1. The first-order chi connectivity index (χ1) is 28.4. The first-order valence-corrected chi connectivity index (χ1v) is 23.2. The van der Waals surface area contributed by atoms with Gasteiger partial charge in [-0.3, -0.25) is 14.2 Å². The van der Waals surface area contributed by atoms with E-state index >= 15 is 0 Å². The molecule has 0 heterocycles. The van der Waals surface area contributed by atoms with E-state index in [4.69, 9.17) is 18.5 Å². The van der Waals surface area contributed by atoms with Gasteiger partial charge < -0.3 is 33.0 Å². The molecule has 0 aliphatic heterocycles. The van der Waals surface area contributed by atoms with Crippen LogP contribution in [0.4, 0.5) is 0 Å². The molecule has 11 heteroatoms. The van der Waals surface area contributed by atoms with Crippen LogP contribution in [0, 0.1) is 0 Å². The molecule has 0 radical (unpaired) electrons. The van der Waals surface area contributed by atoms with E-state index in [-0.39, 0.29) is 25.9 Å². The average molecular weight is 844 g/mol. The first kappa shape index (κ1) is 55.6. The molecule has 0 aromatic rings. The van der Waals surface area contributed by atoms with Crippen LogP contribution in [-0.4, -0.2) is 81.2 Å². The number of hydrogen-bond acceptors (Lipinski definition) is 9. The van der Waals surface area contributed by atoms with Crippen LogP contribution < -0.4 is 4.89 Å². The molecule has 0 amide bonds. The number of phosphoric acid groups is 1. The number of aliphatic hydroxyl groups excluding tert-OH is 1. The third-order valence-corrected chi connectivity index (χ3v) is 9.37. The number of esters is 2. The topological polar surface area (TPSA) is 131 Å². The van der Waals surface area contributed by atoms with Crippen molar-refractivity contribution in [2.75, 3.05) is 47.5 Å². The average Bonchev–Trinajstić information content (AvgIpc) is 3.18. The van der Waals surface area contributed by atoms with E-state index in [0.717, 1.165) is 83.5 Å². The summed E-state index contributed by atoms with van der Waals surface area (Å²) < 4.78 is 33.6. The summed E-state index contributed by atoms with van der Waals surface area (Å²) in [4.78, 5) is 37.6. The summed E-state index contributed by atoms with van der Waals surface area (Å²) in [5, 5.41) is 10.3. The van der Waals surface area contributed by atoms with Crippen molar-refractivity contribution in [2.45, 2.75) is 135 Å². The van der Waals surface area contributed by atoms with Crippen LogP contribution in [-0.2, 0) is 32.7 Å². The Morgan fingerprint density at radius 1 is 0.627 bits per heavy atom. The fourth-order valence-corrected chi connectivity index (χ4v) is 5.74. The van der Waals surface area contributed by atoms with Crippen molar-refractivity contribution in [3.63, 3.8) is 0 Å². The minimum Gasteiger partial charge on any atom is -0.756 e. The van der Waals surface area contributed by atoms with Crippen molar-refractivity contribution in [3.8, 4) is 0 Å². The summed E-state index contributed by atoms with van der Waals surface area (Å²) in [6, 6.07) is 0. The van der Waals surface area contributed by atoms with E-state index in [2.05, 4.69) is 98.9 Å². The number of hydrogen-bond donors (Lipinski definition) is 1. The zero-order valence-corrected chi connectivity index (χ0v) is 37.9. The molecule has 334 valence electrons. The molecule has 0 aromatic carbocycles. The van der Waals surface area contributed by atoms with Crippen LogP contribution in [0.15, 0.2) is 109 Å². The highest BCUT2D eigenvalue weighted by atomic mass is 31.2. The summed E-state index contributed by atoms with van der Waals surface area (Å²) in [6.07, 6.45) is 48.8. The number of rotatable bonds is 37. The van der Waals surface area contributed by atoms with E-state index in [1.165, 1.54) is 0 Å². The number of phosphoric ester groups is 1. The maximum absolute atomic E-state index is 12.7. The number of carbonyl (C=O) groups is 2. The molecule has 0 aliphatic carbocycles. The lowest BCUT2D eigenvalue weighted by molar-refractivity contribution is -0.870. The monoisotopic (exact) mass is 844 g/mol. The Labute approximate surface area is 358 Å². The van der Waals surface area contributed by atoms with Crippen LogP contribution in [0.2, 0.25) is 0 Å². The first-order valence-electron chi connectivity index (χ1n) is 21.7. The van der Waals surface area contributed by atoms with Crippen LogP contribution in [0.5, 0.6) is 0 Å². The van der Waals surface area contributed by atoms with Gasteiger partial charge in [-0.2, -0.15) is 0 Å². The Hall–Kier alpha value is -3.37. The molecule has 0 saturated carbocycles. The number of likely N-dealkylation sites (N-methyl/N-ethyl adjacent to an activating group) is 1. The van der Waals surface area contributed by atoms with E-state index in [0.29, 0.717) is 17.4 Å². The summed E-state index contributed by atoms with van der Waals surface area (Å²) in [7, 11) is 1.01. The smallest absolute Gasteiger partial charge is 0.306 e. The molecule has 10 nitrogen and oxygen atoms in total. The summed E-state index contributed by atoms with van der Waals surface area (Å²) in [6.45, 7) is 3.66. The summed E-state index contributed by atoms with van der Waals surface area (Å²) in [5.74, 6) is -1.15. The van der Waals surface area contributed by atoms with Gasteiger partial charge in [-0.25, -0.2) is 0 Å². The maximum atomic E-state index is 12.7. The molecule has 0 spiro atoms. The van der Waals surface area contributed by atoms with Crippen LogP contribution in [0.25, 0.3) is 0 Å². The molecule has 3 atom stereocenters. The van der Waals surface area contributed by atoms with Gasteiger partial charge in [0, 0.05) is 12.8 Å². The number of nitrogens with zero attached hydrogens (tertiary/aromatic N) is 1. The van der Waals surface area contributed by atoms with Crippen LogP contribution in [0.1, 0.15) is 123 Å². The molecular weight excluding hydrogens is 765 g/mol. The van der Waals surface area contributed by atoms with Gasteiger partial charge in [-0.1, -0.05) is 142 Å². The SMILES string of the molecule is CC/C=C\C/C=C\C/C=C\C/C=C\C/C=C\C=C/C(O)CCC(=O)OC[C@H](COP(=O)([O-])OCC[N+](C)(C)C)OC(=O)CCCCCCC/C=C\C/C=C\C/C=C\CC. The largest absolute Gasteiger partial charge is 0.756 e. The van der Waals surface area contributed by atoms with Gasteiger partial charge in [0.2, 0.25) is 0 Å². The predicted molar refractivity (Wildman–Crippen MR) is 241 cm³/mol. The van der Waals surface area contributed by atoms with Crippen molar-refractivity contribution < 1.29 is 47.2 Å². The quantitative estimate of drug-likeness (QED) is 0.0162. The number of aliphatic hydroxyl groups is 1. The second-order valence-corrected chi connectivity index (χ2v) is 16.6. The second kappa shape index (κ2) is 38.8. The fraction of sp³-hybridized carbons (Fsp3) is 0.583. The molecule has 0 saturated heterocycles. The molecule has 2 unspecified atom stereocenters. The molecule has 0 rings (SSSR count). The maximum Gasteiger partial charge on any atom is 0.306 e. The zero-order chi connectivity index (χ0) is 43.7. The van der Waals surface area contributed by atoms with Crippen molar-refractivity contribution in [3.05, 3.63) is 109 Å². The Morgan fingerprint density at radius 3 is 1.69 bits per heavy atom. The number of quaternary nitrogens is 1. The van der Waals surface area contributed by atoms with Gasteiger partial charge in [0.15, 0.2) is 6.10 Å². The molecule has 0 aromatic heterocycles. The van der Waals surface area contributed by atoms with Crippen molar-refractivity contribution >= 4 is 19.8 Å². The molecular formula is C48H78NO9P. The second-order valence-electron chi connectivity index (χ2n) is 15.1. The van der Waals surface area contributed by atoms with E-state index in [1.54, 1.807) is 12.2 Å². The van der Waals surface area contributed by atoms with E-state index < -0.39 is 45.2 Å². The molecule has 0 aliphatic rings. The van der Waals surface area contributed by atoms with E-state index in [9.17, 15) is 24.2 Å². The van der Waals surface area contributed by atoms with Gasteiger partial charge in [0.05, 0.1) is 33.9 Å². The minimum atomic E-state index is -4.69. The van der Waals surface area contributed by atoms with Crippen molar-refractivity contribution in [1.29, 1.82) is 0 Å². The van der Waals surface area contributed by atoms with E-state index in [1.807, 2.05) is 33.3 Å². The Bertz CT molecular complexity index is 1380. The summed E-state index contributed by atoms with van der Waals surface area (Å²) >= 11 is 0. The number of carbonyl (C=O) groups excluding carboxylic acids is 2. The van der Waals surface area contributed by atoms with Gasteiger partial charge in [-0.15, -0.1) is 0 Å². The summed E-state index contributed by atoms with van der Waals surface area (Å²) in [5.41, 5.74) is 0. The van der Waals surface area contributed by atoms with Gasteiger partial charge in [-0.05, 0) is 77.0 Å². The molecule has 0 fully saturated rings. The third-order valence-electron chi connectivity index (χ3n) is 8.41. The molecule has 0 bridgehead atoms.